The van der Waals surface area contributed by atoms with Crippen molar-refractivity contribution in [1.29, 1.82) is 0 Å². The summed E-state index contributed by atoms with van der Waals surface area (Å²) in [5.41, 5.74) is 0.580. The lowest BCUT2D eigenvalue weighted by Gasteiger charge is -2.33. The van der Waals surface area contributed by atoms with Crippen molar-refractivity contribution < 1.29 is 14.3 Å². The van der Waals surface area contributed by atoms with Crippen molar-refractivity contribution in [3.63, 3.8) is 0 Å². The molecule has 5 heteroatoms. The zero-order valence-corrected chi connectivity index (χ0v) is 14.0. The van der Waals surface area contributed by atoms with Crippen LogP contribution in [0, 0.1) is 0 Å². The minimum Gasteiger partial charge on any atom is -0.444 e. The normalized spacial score (nSPS) is 24.0. The highest BCUT2D eigenvalue weighted by molar-refractivity contribution is 5.88. The molecule has 5 nitrogen and oxygen atoms in total. The van der Waals surface area contributed by atoms with Crippen LogP contribution in [0.5, 0.6) is 0 Å². The van der Waals surface area contributed by atoms with Crippen LogP contribution in [-0.4, -0.2) is 46.0 Å². The molecule has 2 bridgehead atoms. The number of hydrogen-bond donors (Lipinski definition) is 0. The van der Waals surface area contributed by atoms with Gasteiger partial charge in [0.2, 0.25) is 5.91 Å². The number of carbonyl (C=O) groups excluding carboxylic acids is 2. The lowest BCUT2D eigenvalue weighted by Crippen LogP contribution is -2.48. The quantitative estimate of drug-likeness (QED) is 0.843. The number of likely N-dealkylation sites (tertiary alicyclic amines) is 2. The highest BCUT2D eigenvalue weighted by Gasteiger charge is 2.48. The molecule has 2 fully saturated rings. The lowest BCUT2D eigenvalue weighted by molar-refractivity contribution is -0.132. The van der Waals surface area contributed by atoms with E-state index in [0.717, 1.165) is 12.0 Å². The fourth-order valence-corrected chi connectivity index (χ4v) is 3.36. The van der Waals surface area contributed by atoms with E-state index in [1.165, 1.54) is 0 Å². The second-order valence-electron chi connectivity index (χ2n) is 7.32. The molecular formula is C18H24N2O3. The molecule has 0 aromatic heterocycles. The van der Waals surface area contributed by atoms with Crippen LogP contribution in [-0.2, 0) is 16.1 Å². The van der Waals surface area contributed by atoms with E-state index in [4.69, 9.17) is 4.74 Å². The van der Waals surface area contributed by atoms with Gasteiger partial charge in [0.1, 0.15) is 11.6 Å². The van der Waals surface area contributed by atoms with Crippen LogP contribution in [0.1, 0.15) is 39.2 Å². The molecule has 2 amide bonds. The molecule has 0 aliphatic carbocycles. The summed E-state index contributed by atoms with van der Waals surface area (Å²) in [6.07, 6.45) is 1.15. The first kappa shape index (κ1) is 15.8. The monoisotopic (exact) mass is 316 g/mol. The van der Waals surface area contributed by atoms with Crippen LogP contribution in [0.25, 0.3) is 0 Å². The van der Waals surface area contributed by atoms with E-state index in [2.05, 4.69) is 0 Å². The van der Waals surface area contributed by atoms with E-state index in [0.29, 0.717) is 19.5 Å². The zero-order chi connectivity index (χ0) is 16.6. The summed E-state index contributed by atoms with van der Waals surface area (Å²) in [5, 5.41) is 0. The minimum atomic E-state index is -0.542. The maximum absolute atomic E-state index is 12.7. The van der Waals surface area contributed by atoms with E-state index in [1.54, 1.807) is 4.90 Å². The minimum absolute atomic E-state index is 0.0437. The van der Waals surface area contributed by atoms with Crippen molar-refractivity contribution in [2.75, 3.05) is 6.54 Å². The first-order chi connectivity index (χ1) is 10.8. The number of piperidine rings is 1. The van der Waals surface area contributed by atoms with Crippen molar-refractivity contribution in [3.05, 3.63) is 35.9 Å². The molecule has 0 spiro atoms. The van der Waals surface area contributed by atoms with Gasteiger partial charge in [-0.25, -0.2) is 4.79 Å². The summed E-state index contributed by atoms with van der Waals surface area (Å²) in [6, 6.07) is 9.85. The molecule has 0 N–H and O–H groups in total. The van der Waals surface area contributed by atoms with Crippen LogP contribution < -0.4 is 0 Å². The Morgan fingerprint density at radius 1 is 1.26 bits per heavy atom. The molecule has 0 saturated carbocycles. The number of rotatable bonds is 2. The number of amides is 2. The third-order valence-electron chi connectivity index (χ3n) is 4.41. The maximum Gasteiger partial charge on any atom is 0.410 e. The van der Waals surface area contributed by atoms with Gasteiger partial charge in [0, 0.05) is 19.1 Å². The van der Waals surface area contributed by atoms with Crippen LogP contribution in [0.2, 0.25) is 0 Å². The van der Waals surface area contributed by atoms with Gasteiger partial charge in [0.15, 0.2) is 0 Å². The van der Waals surface area contributed by atoms with Crippen LogP contribution in [0.3, 0.4) is 0 Å². The second kappa shape index (κ2) is 5.87. The van der Waals surface area contributed by atoms with Gasteiger partial charge in [0.05, 0.1) is 0 Å². The Morgan fingerprint density at radius 2 is 1.96 bits per heavy atom. The van der Waals surface area contributed by atoms with E-state index in [1.807, 2.05) is 56.0 Å². The van der Waals surface area contributed by atoms with E-state index in [-0.39, 0.29) is 24.1 Å². The highest BCUT2D eigenvalue weighted by atomic mass is 16.6. The van der Waals surface area contributed by atoms with Crippen molar-refractivity contribution in [3.8, 4) is 0 Å². The molecule has 2 atom stereocenters. The van der Waals surface area contributed by atoms with Crippen LogP contribution >= 0.6 is 0 Å². The third-order valence-corrected chi connectivity index (χ3v) is 4.41. The number of benzene rings is 1. The van der Waals surface area contributed by atoms with E-state index < -0.39 is 5.60 Å². The lowest BCUT2D eigenvalue weighted by atomic mass is 10.0. The highest BCUT2D eigenvalue weighted by Crippen LogP contribution is 2.33. The topological polar surface area (TPSA) is 49.9 Å². The molecule has 2 aliphatic heterocycles. The molecule has 2 saturated heterocycles. The summed E-state index contributed by atoms with van der Waals surface area (Å²) in [6.45, 7) is 6.73. The fraction of sp³-hybridized carbons (Fsp3) is 0.556. The summed E-state index contributed by atoms with van der Waals surface area (Å²) in [4.78, 5) is 28.6. The summed E-state index contributed by atoms with van der Waals surface area (Å²) in [5.74, 6) is 0.0437. The first-order valence-electron chi connectivity index (χ1n) is 8.19. The molecule has 2 aliphatic rings. The number of fused-ring (bicyclic) bond motifs is 2. The predicted octanol–water partition coefficient (Wildman–Crippen LogP) is 2.80. The summed E-state index contributed by atoms with van der Waals surface area (Å²) >= 11 is 0. The van der Waals surface area contributed by atoms with E-state index >= 15 is 0 Å². The third kappa shape index (κ3) is 3.33. The fourth-order valence-electron chi connectivity index (χ4n) is 3.36. The van der Waals surface area contributed by atoms with Gasteiger partial charge in [0.25, 0.3) is 0 Å². The Morgan fingerprint density at radius 3 is 2.61 bits per heavy atom. The van der Waals surface area contributed by atoms with Crippen molar-refractivity contribution >= 4 is 12.0 Å². The largest absolute Gasteiger partial charge is 0.444 e. The number of nitrogens with zero attached hydrogens (tertiary/aromatic N) is 2. The smallest absolute Gasteiger partial charge is 0.410 e. The zero-order valence-electron chi connectivity index (χ0n) is 14.0. The molecular weight excluding hydrogens is 292 g/mol. The van der Waals surface area contributed by atoms with Gasteiger partial charge in [-0.1, -0.05) is 30.3 Å². The Labute approximate surface area is 137 Å². The molecule has 1 aromatic rings. The van der Waals surface area contributed by atoms with Crippen LogP contribution in [0.4, 0.5) is 4.79 Å². The Kier molecular flexibility index (Phi) is 4.04. The molecule has 124 valence electrons. The van der Waals surface area contributed by atoms with Gasteiger partial charge < -0.3 is 9.64 Å². The molecule has 0 radical (unpaired) electrons. The van der Waals surface area contributed by atoms with Gasteiger partial charge in [-0.05, 0) is 39.2 Å². The number of ether oxygens (including phenoxy) is 1. The molecule has 23 heavy (non-hydrogen) atoms. The van der Waals surface area contributed by atoms with Gasteiger partial charge in [-0.2, -0.15) is 0 Å². The Balaban J connectivity index is 1.71. The first-order valence-corrected chi connectivity index (χ1v) is 8.19. The molecule has 1 aromatic carbocycles. The standard InChI is InChI=1S/C18H24N2O3/c1-18(2,3)23-17(22)19-10-9-14-11-15(19)16(21)20(14)12-13-7-5-4-6-8-13/h4-8,14-15H,9-12H2,1-3H3. The predicted molar refractivity (Wildman–Crippen MR) is 86.7 cm³/mol. The van der Waals surface area contributed by atoms with Crippen LogP contribution in [0.15, 0.2) is 30.3 Å². The van der Waals surface area contributed by atoms with Gasteiger partial charge >= 0.3 is 6.09 Å². The van der Waals surface area contributed by atoms with Gasteiger partial charge in [-0.15, -0.1) is 0 Å². The van der Waals surface area contributed by atoms with Gasteiger partial charge in [-0.3, -0.25) is 9.69 Å². The number of carbonyl (C=O) groups is 2. The van der Waals surface area contributed by atoms with Crippen molar-refractivity contribution in [1.82, 2.24) is 9.80 Å². The molecule has 2 unspecified atom stereocenters. The summed E-state index contributed by atoms with van der Waals surface area (Å²) in [7, 11) is 0. The molecule has 3 rings (SSSR count). The average Bonchev–Trinajstić information content (AvgIpc) is 2.72. The Hall–Kier alpha value is -2.04. The average molecular weight is 316 g/mol. The Bertz CT molecular complexity index is 594. The van der Waals surface area contributed by atoms with Crippen molar-refractivity contribution in [2.45, 2.75) is 57.8 Å². The second-order valence-corrected chi connectivity index (χ2v) is 7.32. The van der Waals surface area contributed by atoms with E-state index in [9.17, 15) is 9.59 Å². The maximum atomic E-state index is 12.7. The number of hydrogen-bond acceptors (Lipinski definition) is 3. The van der Waals surface area contributed by atoms with Crippen molar-refractivity contribution in [2.24, 2.45) is 0 Å². The summed E-state index contributed by atoms with van der Waals surface area (Å²) < 4.78 is 5.45. The molecule has 2 heterocycles. The SMILES string of the molecule is CC(C)(C)OC(=O)N1CCC2CC1C(=O)N2Cc1ccccc1.